The largest absolute Gasteiger partial charge is 0.497 e. The predicted molar refractivity (Wildman–Crippen MR) is 86.4 cm³/mol. The van der Waals surface area contributed by atoms with Crippen molar-refractivity contribution in [3.63, 3.8) is 0 Å². The zero-order chi connectivity index (χ0) is 15.2. The second-order valence-electron chi connectivity index (χ2n) is 4.78. The molecule has 112 valence electrons. The minimum absolute atomic E-state index is 0.0337. The Balaban J connectivity index is 2.35. The van der Waals surface area contributed by atoms with Crippen LogP contribution in [0, 0.1) is 0 Å². The van der Waals surface area contributed by atoms with Crippen molar-refractivity contribution in [1.29, 1.82) is 0 Å². The Bertz CT molecular complexity index is 650. The summed E-state index contributed by atoms with van der Waals surface area (Å²) in [5.74, 6) is 0.817. The lowest BCUT2D eigenvalue weighted by atomic mass is 10.0. The first kappa shape index (κ1) is 15.6. The van der Waals surface area contributed by atoms with Crippen LogP contribution >= 0.6 is 11.8 Å². The summed E-state index contributed by atoms with van der Waals surface area (Å²) in [6.45, 7) is 2.10. The first-order chi connectivity index (χ1) is 10.2. The van der Waals surface area contributed by atoms with E-state index in [4.69, 9.17) is 4.74 Å². The summed E-state index contributed by atoms with van der Waals surface area (Å²) in [5.41, 5.74) is 2.72. The fraction of sp³-hybridized carbons (Fsp3) is 0.375. The van der Waals surface area contributed by atoms with Crippen molar-refractivity contribution in [1.82, 2.24) is 9.97 Å². The average Bonchev–Trinajstić information content (AvgIpc) is 2.51. The maximum absolute atomic E-state index is 12.3. The fourth-order valence-corrected chi connectivity index (χ4v) is 2.59. The summed E-state index contributed by atoms with van der Waals surface area (Å²) in [4.78, 5) is 19.7. The predicted octanol–water partition coefficient (Wildman–Crippen LogP) is 3.04. The third kappa shape index (κ3) is 3.88. The van der Waals surface area contributed by atoms with Gasteiger partial charge in [0.05, 0.1) is 12.8 Å². The quantitative estimate of drug-likeness (QED) is 0.658. The number of thioether (sulfide) groups is 1. The van der Waals surface area contributed by atoms with Gasteiger partial charge < -0.3 is 9.72 Å². The van der Waals surface area contributed by atoms with Gasteiger partial charge in [0.1, 0.15) is 5.75 Å². The molecule has 4 nitrogen and oxygen atoms in total. The minimum atomic E-state index is -0.0337. The number of methoxy groups -OCH3 is 1. The van der Waals surface area contributed by atoms with Crippen LogP contribution in [0.1, 0.15) is 30.2 Å². The monoisotopic (exact) mass is 304 g/mol. The van der Waals surface area contributed by atoms with Gasteiger partial charge in [-0.2, -0.15) is 0 Å². The van der Waals surface area contributed by atoms with Crippen molar-refractivity contribution in [2.45, 2.75) is 31.3 Å². The van der Waals surface area contributed by atoms with Crippen LogP contribution in [-0.4, -0.2) is 23.3 Å². The Hall–Kier alpha value is -1.75. The van der Waals surface area contributed by atoms with Gasteiger partial charge in [0.2, 0.25) is 0 Å². The molecule has 0 atom stereocenters. The van der Waals surface area contributed by atoms with Crippen molar-refractivity contribution in [2.75, 3.05) is 13.4 Å². The number of nitrogens with zero attached hydrogens (tertiary/aromatic N) is 1. The first-order valence-electron chi connectivity index (χ1n) is 6.97. The number of aryl methyl sites for hydroxylation is 1. The molecular weight excluding hydrogens is 284 g/mol. The van der Waals surface area contributed by atoms with Crippen molar-refractivity contribution < 1.29 is 4.74 Å². The summed E-state index contributed by atoms with van der Waals surface area (Å²) in [5, 5.41) is 0.682. The molecule has 2 aromatic rings. The van der Waals surface area contributed by atoms with Gasteiger partial charge in [0.25, 0.3) is 5.56 Å². The van der Waals surface area contributed by atoms with E-state index in [1.807, 2.05) is 30.5 Å². The highest BCUT2D eigenvalue weighted by atomic mass is 32.2. The van der Waals surface area contributed by atoms with Crippen LogP contribution in [0.3, 0.4) is 0 Å². The number of nitrogens with one attached hydrogen (secondary N) is 1. The summed E-state index contributed by atoms with van der Waals surface area (Å²) in [6.07, 6.45) is 4.30. The van der Waals surface area contributed by atoms with Crippen molar-refractivity contribution in [3.8, 4) is 5.75 Å². The lowest BCUT2D eigenvalue weighted by Crippen LogP contribution is -2.19. The first-order valence-corrected chi connectivity index (χ1v) is 8.19. The van der Waals surface area contributed by atoms with E-state index in [1.165, 1.54) is 11.8 Å². The van der Waals surface area contributed by atoms with E-state index in [0.29, 0.717) is 11.6 Å². The standard InChI is InChI=1S/C16H20N2O2S/c1-4-5-14-13(15(19)18-16(17-14)21-3)10-11-6-8-12(20-2)9-7-11/h6-9H,4-5,10H2,1-3H3,(H,17,18,19). The van der Waals surface area contributed by atoms with Crippen LogP contribution < -0.4 is 10.3 Å². The van der Waals surface area contributed by atoms with E-state index >= 15 is 0 Å². The van der Waals surface area contributed by atoms with Crippen LogP contribution in [0.15, 0.2) is 34.2 Å². The zero-order valence-corrected chi connectivity index (χ0v) is 13.4. The van der Waals surface area contributed by atoms with Crippen molar-refractivity contribution in [3.05, 3.63) is 51.4 Å². The molecule has 0 aliphatic carbocycles. The average molecular weight is 304 g/mol. The Morgan fingerprint density at radius 1 is 1.29 bits per heavy atom. The molecule has 0 spiro atoms. The number of ether oxygens (including phenoxy) is 1. The summed E-state index contributed by atoms with van der Waals surface area (Å²) in [6, 6.07) is 7.78. The lowest BCUT2D eigenvalue weighted by molar-refractivity contribution is 0.414. The molecule has 0 amide bonds. The molecule has 0 saturated heterocycles. The number of H-pyrrole nitrogens is 1. The summed E-state index contributed by atoms with van der Waals surface area (Å²) >= 11 is 1.46. The highest BCUT2D eigenvalue weighted by Crippen LogP contribution is 2.17. The van der Waals surface area contributed by atoms with Gasteiger partial charge in [0.15, 0.2) is 5.16 Å². The second-order valence-corrected chi connectivity index (χ2v) is 5.57. The molecular formula is C16H20N2O2S. The third-order valence-corrected chi connectivity index (χ3v) is 3.88. The van der Waals surface area contributed by atoms with Gasteiger partial charge in [-0.15, -0.1) is 0 Å². The maximum atomic E-state index is 12.3. The number of rotatable bonds is 6. The highest BCUT2D eigenvalue weighted by molar-refractivity contribution is 7.98. The summed E-state index contributed by atoms with van der Waals surface area (Å²) in [7, 11) is 1.64. The second kappa shape index (κ2) is 7.31. The van der Waals surface area contributed by atoms with E-state index in [-0.39, 0.29) is 5.56 Å². The highest BCUT2D eigenvalue weighted by Gasteiger charge is 2.11. The van der Waals surface area contributed by atoms with Crippen LogP contribution in [0.25, 0.3) is 0 Å². The Labute approximate surface area is 129 Å². The number of aromatic amines is 1. The molecule has 1 heterocycles. The molecule has 1 N–H and O–H groups in total. The Kier molecular flexibility index (Phi) is 5.44. The molecule has 0 aliphatic heterocycles. The molecule has 1 aromatic heterocycles. The molecule has 5 heteroatoms. The van der Waals surface area contributed by atoms with Crippen molar-refractivity contribution in [2.24, 2.45) is 0 Å². The van der Waals surface area contributed by atoms with E-state index in [1.54, 1.807) is 7.11 Å². The maximum Gasteiger partial charge on any atom is 0.255 e. The topological polar surface area (TPSA) is 55.0 Å². The number of aromatic nitrogens is 2. The fourth-order valence-electron chi connectivity index (χ4n) is 2.19. The molecule has 21 heavy (non-hydrogen) atoms. The van der Waals surface area contributed by atoms with Crippen LogP contribution in [-0.2, 0) is 12.8 Å². The van der Waals surface area contributed by atoms with E-state index in [9.17, 15) is 4.79 Å². The Morgan fingerprint density at radius 2 is 2.00 bits per heavy atom. The molecule has 0 unspecified atom stereocenters. The van der Waals surface area contributed by atoms with E-state index in [0.717, 1.165) is 35.4 Å². The van der Waals surface area contributed by atoms with Crippen molar-refractivity contribution >= 4 is 11.8 Å². The van der Waals surface area contributed by atoms with Crippen LogP contribution in [0.2, 0.25) is 0 Å². The van der Waals surface area contributed by atoms with Gasteiger partial charge in [-0.3, -0.25) is 4.79 Å². The third-order valence-electron chi connectivity index (χ3n) is 3.30. The molecule has 0 bridgehead atoms. The van der Waals surface area contributed by atoms with Crippen LogP contribution in [0.4, 0.5) is 0 Å². The number of hydrogen-bond donors (Lipinski definition) is 1. The normalized spacial score (nSPS) is 10.6. The molecule has 0 aliphatic rings. The minimum Gasteiger partial charge on any atom is -0.497 e. The van der Waals surface area contributed by atoms with Gasteiger partial charge in [-0.25, -0.2) is 4.98 Å². The van der Waals surface area contributed by atoms with Gasteiger partial charge in [-0.1, -0.05) is 37.2 Å². The number of hydrogen-bond acceptors (Lipinski definition) is 4. The lowest BCUT2D eigenvalue weighted by Gasteiger charge is -2.09. The van der Waals surface area contributed by atoms with Gasteiger partial charge in [0, 0.05) is 12.0 Å². The van der Waals surface area contributed by atoms with Gasteiger partial charge in [-0.05, 0) is 30.4 Å². The zero-order valence-electron chi connectivity index (χ0n) is 12.6. The number of benzene rings is 1. The SMILES string of the molecule is CCCc1nc(SC)[nH]c(=O)c1Cc1ccc(OC)cc1. The molecule has 2 rings (SSSR count). The summed E-state index contributed by atoms with van der Waals surface area (Å²) < 4.78 is 5.15. The van der Waals surface area contributed by atoms with Crippen LogP contribution in [0.5, 0.6) is 5.75 Å². The molecule has 1 aromatic carbocycles. The molecule has 0 radical (unpaired) electrons. The van der Waals surface area contributed by atoms with Gasteiger partial charge >= 0.3 is 0 Å². The molecule has 0 saturated carbocycles. The Morgan fingerprint density at radius 3 is 2.57 bits per heavy atom. The van der Waals surface area contributed by atoms with E-state index in [2.05, 4.69) is 16.9 Å². The van der Waals surface area contributed by atoms with E-state index < -0.39 is 0 Å². The molecule has 0 fully saturated rings. The smallest absolute Gasteiger partial charge is 0.255 e.